The number of anilines is 2. The fourth-order valence-electron chi connectivity index (χ4n) is 3.34. The van der Waals surface area contributed by atoms with Crippen molar-refractivity contribution in [1.82, 2.24) is 15.3 Å². The van der Waals surface area contributed by atoms with E-state index in [1.54, 1.807) is 24.4 Å². The van der Waals surface area contributed by atoms with E-state index in [0.29, 0.717) is 22.7 Å². The van der Waals surface area contributed by atoms with Gasteiger partial charge < -0.3 is 20.3 Å². The molecular weight excluding hydrogens is 418 g/mol. The Kier molecular flexibility index (Phi) is 6.17. The molecule has 4 aromatic rings. The van der Waals surface area contributed by atoms with Gasteiger partial charge in [0, 0.05) is 33.4 Å². The van der Waals surface area contributed by atoms with Gasteiger partial charge in [-0.3, -0.25) is 14.6 Å². The lowest BCUT2D eigenvalue weighted by molar-refractivity contribution is 0.0956. The number of amides is 2. The van der Waals surface area contributed by atoms with Gasteiger partial charge in [-0.2, -0.15) is 0 Å². The largest absolute Gasteiger partial charge is 0.456 e. The summed E-state index contributed by atoms with van der Waals surface area (Å²) >= 11 is 0. The molecule has 8 heteroatoms. The first-order chi connectivity index (χ1) is 16.0. The quantitative estimate of drug-likeness (QED) is 0.468. The molecule has 0 spiro atoms. The number of carbonyl (C=O) groups is 2. The van der Waals surface area contributed by atoms with Crippen LogP contribution in [-0.2, 0) is 0 Å². The van der Waals surface area contributed by atoms with Crippen LogP contribution in [0, 0.1) is 0 Å². The minimum atomic E-state index is -0.332. The van der Waals surface area contributed by atoms with Gasteiger partial charge in [0.25, 0.3) is 11.8 Å². The highest BCUT2D eigenvalue weighted by molar-refractivity contribution is 6.15. The molecule has 2 N–H and O–H groups in total. The molecule has 0 unspecified atom stereocenters. The molecule has 4 rings (SSSR count). The van der Waals surface area contributed by atoms with Gasteiger partial charge in [-0.15, -0.1) is 0 Å². The fraction of sp³-hybridized carbons (Fsp3) is 0.120. The Balaban J connectivity index is 1.71. The van der Waals surface area contributed by atoms with Crippen LogP contribution in [0.3, 0.4) is 0 Å². The minimum absolute atomic E-state index is 0.217. The number of hydrogen-bond acceptors (Lipinski definition) is 6. The molecule has 2 aromatic carbocycles. The highest BCUT2D eigenvalue weighted by Gasteiger charge is 2.18. The molecular formula is C25H23N5O3. The van der Waals surface area contributed by atoms with Crippen molar-refractivity contribution in [1.29, 1.82) is 0 Å². The van der Waals surface area contributed by atoms with Crippen LogP contribution in [-0.4, -0.2) is 42.9 Å². The van der Waals surface area contributed by atoms with Gasteiger partial charge >= 0.3 is 0 Å². The lowest BCUT2D eigenvalue weighted by Crippen LogP contribution is -2.19. The van der Waals surface area contributed by atoms with Gasteiger partial charge in [-0.1, -0.05) is 30.3 Å². The molecule has 166 valence electrons. The van der Waals surface area contributed by atoms with Crippen molar-refractivity contribution in [2.24, 2.45) is 0 Å². The first kappa shape index (κ1) is 21.8. The molecule has 0 saturated carbocycles. The average molecular weight is 441 g/mol. The molecule has 0 saturated heterocycles. The predicted octanol–water partition coefficient (Wildman–Crippen LogP) is 4.10. The summed E-state index contributed by atoms with van der Waals surface area (Å²) in [6.07, 6.45) is 3.09. The molecule has 2 heterocycles. The standard InChI is InChI=1S/C25H23N5O3/c1-26-24(31)20-14-18(12-13-27-20)33-21-10-8-16-6-4-5-7-19(16)23(21)25(32)29-17-9-11-22(28-15-17)30(2)3/h4-15H,1-3H3,(H,26,31)(H,29,32). The second-order valence-corrected chi connectivity index (χ2v) is 7.47. The molecule has 0 aliphatic rings. The summed E-state index contributed by atoms with van der Waals surface area (Å²) in [4.78, 5) is 35.6. The summed E-state index contributed by atoms with van der Waals surface area (Å²) in [5, 5.41) is 7.08. The van der Waals surface area contributed by atoms with Crippen LogP contribution in [0.1, 0.15) is 20.8 Å². The summed E-state index contributed by atoms with van der Waals surface area (Å²) in [6.45, 7) is 0. The molecule has 0 aliphatic heterocycles. The average Bonchev–Trinajstić information content (AvgIpc) is 2.83. The fourth-order valence-corrected chi connectivity index (χ4v) is 3.34. The number of nitrogens with one attached hydrogen (secondary N) is 2. The van der Waals surface area contributed by atoms with E-state index < -0.39 is 0 Å². The zero-order valence-electron chi connectivity index (χ0n) is 18.5. The molecule has 2 amide bonds. The Bertz CT molecular complexity index is 1320. The minimum Gasteiger partial charge on any atom is -0.456 e. The SMILES string of the molecule is CNC(=O)c1cc(Oc2ccc3ccccc3c2C(=O)Nc2ccc(N(C)C)nc2)ccn1. The van der Waals surface area contributed by atoms with Crippen LogP contribution in [0.25, 0.3) is 10.8 Å². The first-order valence-corrected chi connectivity index (χ1v) is 10.3. The molecule has 0 radical (unpaired) electrons. The van der Waals surface area contributed by atoms with Crippen LogP contribution in [0.15, 0.2) is 73.1 Å². The van der Waals surface area contributed by atoms with E-state index in [0.717, 1.165) is 16.6 Å². The van der Waals surface area contributed by atoms with Crippen molar-refractivity contribution in [3.8, 4) is 11.5 Å². The maximum absolute atomic E-state index is 13.4. The Hall–Kier alpha value is -4.46. The van der Waals surface area contributed by atoms with Gasteiger partial charge in [0.05, 0.1) is 17.4 Å². The number of rotatable bonds is 6. The second-order valence-electron chi connectivity index (χ2n) is 7.47. The molecule has 2 aromatic heterocycles. The van der Waals surface area contributed by atoms with Crippen molar-refractivity contribution in [2.45, 2.75) is 0 Å². The van der Waals surface area contributed by atoms with Crippen LogP contribution in [0.5, 0.6) is 11.5 Å². The smallest absolute Gasteiger partial charge is 0.269 e. The zero-order chi connectivity index (χ0) is 23.4. The van der Waals surface area contributed by atoms with Crippen molar-refractivity contribution in [2.75, 3.05) is 31.4 Å². The van der Waals surface area contributed by atoms with E-state index in [4.69, 9.17) is 4.74 Å². The van der Waals surface area contributed by atoms with Crippen molar-refractivity contribution in [3.63, 3.8) is 0 Å². The molecule has 0 aliphatic carbocycles. The molecule has 33 heavy (non-hydrogen) atoms. The summed E-state index contributed by atoms with van der Waals surface area (Å²) in [5.74, 6) is 0.877. The zero-order valence-corrected chi connectivity index (χ0v) is 18.5. The number of aromatic nitrogens is 2. The van der Waals surface area contributed by atoms with Gasteiger partial charge in [-0.25, -0.2) is 4.98 Å². The predicted molar refractivity (Wildman–Crippen MR) is 128 cm³/mol. The molecule has 8 nitrogen and oxygen atoms in total. The van der Waals surface area contributed by atoms with Crippen LogP contribution >= 0.6 is 0 Å². The summed E-state index contributed by atoms with van der Waals surface area (Å²) < 4.78 is 6.06. The number of ether oxygens (including phenoxy) is 1. The molecule has 0 bridgehead atoms. The van der Waals surface area contributed by atoms with Gasteiger partial charge in [0.15, 0.2) is 0 Å². The van der Waals surface area contributed by atoms with Gasteiger partial charge in [0.1, 0.15) is 23.0 Å². The lowest BCUT2D eigenvalue weighted by atomic mass is 10.0. The van der Waals surface area contributed by atoms with Crippen LogP contribution in [0.2, 0.25) is 0 Å². The molecule has 0 fully saturated rings. The van der Waals surface area contributed by atoms with E-state index in [9.17, 15) is 9.59 Å². The van der Waals surface area contributed by atoms with E-state index in [2.05, 4.69) is 20.6 Å². The van der Waals surface area contributed by atoms with E-state index >= 15 is 0 Å². The third-order valence-electron chi connectivity index (χ3n) is 5.00. The number of carbonyl (C=O) groups excluding carboxylic acids is 2. The van der Waals surface area contributed by atoms with Crippen molar-refractivity contribution in [3.05, 3.63) is 84.3 Å². The van der Waals surface area contributed by atoms with Crippen LogP contribution < -0.4 is 20.3 Å². The highest BCUT2D eigenvalue weighted by Crippen LogP contribution is 2.32. The van der Waals surface area contributed by atoms with Crippen molar-refractivity contribution < 1.29 is 14.3 Å². The maximum Gasteiger partial charge on any atom is 0.269 e. The summed E-state index contributed by atoms with van der Waals surface area (Å²) in [7, 11) is 5.33. The van der Waals surface area contributed by atoms with Gasteiger partial charge in [0.2, 0.25) is 0 Å². The monoisotopic (exact) mass is 441 g/mol. The maximum atomic E-state index is 13.4. The second kappa shape index (κ2) is 9.35. The molecule has 0 atom stereocenters. The summed E-state index contributed by atoms with van der Waals surface area (Å²) in [6, 6.07) is 18.0. The third-order valence-corrected chi connectivity index (χ3v) is 5.00. The van der Waals surface area contributed by atoms with E-state index in [1.165, 1.54) is 19.3 Å². The summed E-state index contributed by atoms with van der Waals surface area (Å²) in [5.41, 5.74) is 1.16. The number of benzene rings is 2. The topological polar surface area (TPSA) is 96.4 Å². The Labute approximate surface area is 191 Å². The lowest BCUT2D eigenvalue weighted by Gasteiger charge is -2.15. The van der Waals surface area contributed by atoms with E-state index in [-0.39, 0.29) is 17.5 Å². The number of nitrogens with zero attached hydrogens (tertiary/aromatic N) is 3. The van der Waals surface area contributed by atoms with Gasteiger partial charge in [-0.05, 0) is 35.0 Å². The number of fused-ring (bicyclic) bond motifs is 1. The number of hydrogen-bond donors (Lipinski definition) is 2. The highest BCUT2D eigenvalue weighted by atomic mass is 16.5. The first-order valence-electron chi connectivity index (χ1n) is 10.3. The number of pyridine rings is 2. The Morgan fingerprint density at radius 3 is 2.48 bits per heavy atom. The normalized spacial score (nSPS) is 10.5. The van der Waals surface area contributed by atoms with E-state index in [1.807, 2.05) is 55.4 Å². The Morgan fingerprint density at radius 2 is 1.76 bits per heavy atom. The van der Waals surface area contributed by atoms with Crippen molar-refractivity contribution >= 4 is 34.1 Å². The third kappa shape index (κ3) is 4.74. The Morgan fingerprint density at radius 1 is 0.939 bits per heavy atom. The van der Waals surface area contributed by atoms with Crippen LogP contribution in [0.4, 0.5) is 11.5 Å².